The molecule has 78 valence electrons. The van der Waals surface area contributed by atoms with Crippen LogP contribution in [0.15, 0.2) is 10.8 Å². The van der Waals surface area contributed by atoms with E-state index in [1.54, 1.807) is 6.26 Å². The number of anilines is 1. The smallest absolute Gasteiger partial charge is 0.148 e. The molecule has 0 aliphatic rings. The number of hydrogen-bond donors (Lipinski definition) is 1. The van der Waals surface area contributed by atoms with Gasteiger partial charge >= 0.3 is 0 Å². The van der Waals surface area contributed by atoms with Crippen molar-refractivity contribution in [3.8, 4) is 0 Å². The molecule has 4 nitrogen and oxygen atoms in total. The summed E-state index contributed by atoms with van der Waals surface area (Å²) in [6.45, 7) is 0.592. The van der Waals surface area contributed by atoms with Crippen LogP contribution in [0.25, 0.3) is 0 Å². The van der Waals surface area contributed by atoms with Crippen LogP contribution in [0.1, 0.15) is 0 Å². The van der Waals surface area contributed by atoms with E-state index in [2.05, 4.69) is 31.2 Å². The first-order valence-electron chi connectivity index (χ1n) is 3.81. The molecule has 0 saturated heterocycles. The Morgan fingerprint density at radius 2 is 2.36 bits per heavy atom. The molecule has 1 N–H and O–H groups in total. The van der Waals surface area contributed by atoms with Gasteiger partial charge in [-0.1, -0.05) is 11.6 Å². The summed E-state index contributed by atoms with van der Waals surface area (Å²) < 4.78 is 11.4. The van der Waals surface area contributed by atoms with Gasteiger partial charge in [-0.15, -0.1) is 0 Å². The van der Waals surface area contributed by atoms with Crippen molar-refractivity contribution in [1.82, 2.24) is 9.97 Å². The standard InChI is InChI=1S/C7H9BrClN3OS/c1-14(13)3-2-10-7-5(8)6(9)11-4-12-7/h4H,2-3H2,1H3,(H,10,11,12). The molecule has 0 aliphatic heterocycles. The van der Waals surface area contributed by atoms with Crippen molar-refractivity contribution in [3.05, 3.63) is 16.0 Å². The molecule has 0 saturated carbocycles. The summed E-state index contributed by atoms with van der Waals surface area (Å²) in [5.74, 6) is 1.20. The first-order chi connectivity index (χ1) is 6.61. The van der Waals surface area contributed by atoms with Crippen LogP contribution in [0.3, 0.4) is 0 Å². The minimum absolute atomic E-state index is 0.361. The van der Waals surface area contributed by atoms with E-state index in [1.807, 2.05) is 0 Å². The molecule has 0 fully saturated rings. The van der Waals surface area contributed by atoms with Crippen LogP contribution in [-0.4, -0.2) is 32.7 Å². The van der Waals surface area contributed by atoms with Gasteiger partial charge in [0.25, 0.3) is 0 Å². The molecular formula is C7H9BrClN3OS. The van der Waals surface area contributed by atoms with Gasteiger partial charge in [-0.3, -0.25) is 4.21 Å². The maximum absolute atomic E-state index is 10.8. The fraction of sp³-hybridized carbons (Fsp3) is 0.429. The van der Waals surface area contributed by atoms with Gasteiger partial charge in [0.1, 0.15) is 17.3 Å². The van der Waals surface area contributed by atoms with Gasteiger partial charge in [-0.05, 0) is 15.9 Å². The van der Waals surface area contributed by atoms with Crippen molar-refractivity contribution < 1.29 is 4.21 Å². The molecule has 1 aromatic rings. The summed E-state index contributed by atoms with van der Waals surface area (Å²) in [7, 11) is -0.805. The van der Waals surface area contributed by atoms with E-state index >= 15 is 0 Å². The van der Waals surface area contributed by atoms with Gasteiger partial charge < -0.3 is 5.32 Å². The highest BCUT2D eigenvalue weighted by atomic mass is 79.9. The van der Waals surface area contributed by atoms with Crippen LogP contribution in [0.2, 0.25) is 5.15 Å². The third kappa shape index (κ3) is 3.51. The van der Waals surface area contributed by atoms with E-state index in [1.165, 1.54) is 6.33 Å². The van der Waals surface area contributed by atoms with E-state index < -0.39 is 10.8 Å². The first-order valence-corrected chi connectivity index (χ1v) is 6.71. The van der Waals surface area contributed by atoms with Crippen molar-refractivity contribution >= 4 is 44.1 Å². The summed E-state index contributed by atoms with van der Waals surface area (Å²) in [6.07, 6.45) is 3.03. The Labute approximate surface area is 98.1 Å². The number of aromatic nitrogens is 2. The van der Waals surface area contributed by atoms with Crippen LogP contribution in [0, 0.1) is 0 Å². The molecule has 14 heavy (non-hydrogen) atoms. The SMILES string of the molecule is CS(=O)CCNc1ncnc(Cl)c1Br. The molecule has 1 unspecified atom stereocenters. The number of hydrogen-bond acceptors (Lipinski definition) is 4. The van der Waals surface area contributed by atoms with Gasteiger partial charge in [-0.25, -0.2) is 9.97 Å². The summed E-state index contributed by atoms with van der Waals surface area (Å²) >= 11 is 9.01. The van der Waals surface area contributed by atoms with E-state index in [9.17, 15) is 4.21 Å². The topological polar surface area (TPSA) is 54.9 Å². The van der Waals surface area contributed by atoms with E-state index in [-0.39, 0.29) is 0 Å². The van der Waals surface area contributed by atoms with Crippen LogP contribution in [0.5, 0.6) is 0 Å². The van der Waals surface area contributed by atoms with Gasteiger partial charge in [0.05, 0.1) is 4.47 Å². The molecule has 1 atom stereocenters. The minimum atomic E-state index is -0.805. The molecule has 1 heterocycles. The van der Waals surface area contributed by atoms with Crippen molar-refractivity contribution in [1.29, 1.82) is 0 Å². The monoisotopic (exact) mass is 297 g/mol. The fourth-order valence-electron chi connectivity index (χ4n) is 0.785. The summed E-state index contributed by atoms with van der Waals surface area (Å²) in [5, 5.41) is 3.37. The maximum Gasteiger partial charge on any atom is 0.148 e. The van der Waals surface area contributed by atoms with E-state index in [0.29, 0.717) is 27.7 Å². The van der Waals surface area contributed by atoms with Crippen molar-refractivity contribution in [2.24, 2.45) is 0 Å². The second-order valence-electron chi connectivity index (χ2n) is 2.53. The highest BCUT2D eigenvalue weighted by Crippen LogP contribution is 2.25. The Balaban J connectivity index is 2.59. The molecule has 0 aliphatic carbocycles. The average Bonchev–Trinajstić information content (AvgIpc) is 2.12. The van der Waals surface area contributed by atoms with Gasteiger partial charge in [0.2, 0.25) is 0 Å². The predicted molar refractivity (Wildman–Crippen MR) is 62.2 cm³/mol. The molecule has 1 rings (SSSR count). The number of nitrogens with one attached hydrogen (secondary N) is 1. The fourth-order valence-corrected chi connectivity index (χ4v) is 1.65. The predicted octanol–water partition coefficient (Wildman–Crippen LogP) is 1.68. The molecule has 0 spiro atoms. The van der Waals surface area contributed by atoms with Crippen LogP contribution in [0.4, 0.5) is 5.82 Å². The summed E-state index contributed by atoms with van der Waals surface area (Å²) in [4.78, 5) is 7.77. The molecule has 0 radical (unpaired) electrons. The van der Waals surface area contributed by atoms with Gasteiger partial charge in [0, 0.05) is 29.4 Å². The molecule has 1 aromatic heterocycles. The molecule has 0 amide bonds. The lowest BCUT2D eigenvalue weighted by Crippen LogP contribution is -2.11. The largest absolute Gasteiger partial charge is 0.368 e. The first kappa shape index (κ1) is 11.9. The summed E-state index contributed by atoms with van der Waals surface area (Å²) in [6, 6.07) is 0. The molecule has 0 bridgehead atoms. The lowest BCUT2D eigenvalue weighted by atomic mass is 10.5. The zero-order valence-electron chi connectivity index (χ0n) is 7.46. The zero-order chi connectivity index (χ0) is 10.6. The van der Waals surface area contributed by atoms with Crippen molar-refractivity contribution in [2.75, 3.05) is 23.9 Å². The second kappa shape index (κ2) is 5.63. The Bertz CT molecular complexity index is 350. The Morgan fingerprint density at radius 3 is 3.00 bits per heavy atom. The van der Waals surface area contributed by atoms with Crippen LogP contribution >= 0.6 is 27.5 Å². The lowest BCUT2D eigenvalue weighted by Gasteiger charge is -2.06. The third-order valence-electron chi connectivity index (χ3n) is 1.43. The van der Waals surface area contributed by atoms with E-state index in [4.69, 9.17) is 11.6 Å². The Morgan fingerprint density at radius 1 is 1.64 bits per heavy atom. The normalized spacial score (nSPS) is 12.5. The average molecular weight is 299 g/mol. The second-order valence-corrected chi connectivity index (χ2v) is 5.24. The third-order valence-corrected chi connectivity index (χ3v) is 3.47. The quantitative estimate of drug-likeness (QED) is 0.859. The highest BCUT2D eigenvalue weighted by molar-refractivity contribution is 9.10. The van der Waals surface area contributed by atoms with Crippen LogP contribution in [-0.2, 0) is 10.8 Å². The Kier molecular flexibility index (Phi) is 4.77. The number of nitrogens with zero attached hydrogens (tertiary/aromatic N) is 2. The highest BCUT2D eigenvalue weighted by Gasteiger charge is 2.05. The summed E-state index contributed by atoms with van der Waals surface area (Å²) in [5.41, 5.74) is 0. The number of rotatable bonds is 4. The maximum atomic E-state index is 10.8. The molecule has 0 aromatic carbocycles. The van der Waals surface area contributed by atoms with Gasteiger partial charge in [0.15, 0.2) is 0 Å². The van der Waals surface area contributed by atoms with Gasteiger partial charge in [-0.2, -0.15) is 0 Å². The number of halogens is 2. The van der Waals surface area contributed by atoms with Crippen molar-refractivity contribution in [3.63, 3.8) is 0 Å². The molecule has 7 heteroatoms. The lowest BCUT2D eigenvalue weighted by molar-refractivity contribution is 0.687. The van der Waals surface area contributed by atoms with Crippen molar-refractivity contribution in [2.45, 2.75) is 0 Å². The minimum Gasteiger partial charge on any atom is -0.368 e. The molecular weight excluding hydrogens is 290 g/mol. The van der Waals surface area contributed by atoms with E-state index in [0.717, 1.165) is 0 Å². The zero-order valence-corrected chi connectivity index (χ0v) is 10.6. The Hall–Kier alpha value is -0.200. The van der Waals surface area contributed by atoms with Crippen LogP contribution < -0.4 is 5.32 Å².